The minimum Gasteiger partial charge on any atom is -0.480 e. The van der Waals surface area contributed by atoms with Crippen molar-refractivity contribution in [1.82, 2.24) is 0 Å². The summed E-state index contributed by atoms with van der Waals surface area (Å²) in [6.07, 6.45) is 2.72. The molecule has 0 radical (unpaired) electrons. The summed E-state index contributed by atoms with van der Waals surface area (Å²) >= 11 is 12.3. The van der Waals surface area contributed by atoms with E-state index in [0.29, 0.717) is 17.9 Å². The van der Waals surface area contributed by atoms with Crippen LogP contribution in [0.5, 0.6) is 5.75 Å². The van der Waals surface area contributed by atoms with Crippen molar-refractivity contribution in [2.24, 2.45) is 11.3 Å². The van der Waals surface area contributed by atoms with Gasteiger partial charge in [0.15, 0.2) is 12.4 Å². The maximum Gasteiger partial charge on any atom is 0.341 e. The van der Waals surface area contributed by atoms with Crippen LogP contribution in [0.3, 0.4) is 0 Å². The van der Waals surface area contributed by atoms with Crippen LogP contribution in [0.1, 0.15) is 35.7 Å². The predicted molar refractivity (Wildman–Crippen MR) is 78.5 cm³/mol. The number of ketones is 1. The number of benzene rings is 1. The molecule has 3 rings (SSSR count). The van der Waals surface area contributed by atoms with Gasteiger partial charge < -0.3 is 9.84 Å². The van der Waals surface area contributed by atoms with Crippen LogP contribution in [0.25, 0.3) is 0 Å². The molecule has 4 nitrogen and oxygen atoms in total. The van der Waals surface area contributed by atoms with Crippen molar-refractivity contribution in [3.63, 3.8) is 0 Å². The second kappa shape index (κ2) is 4.89. The van der Waals surface area contributed by atoms with E-state index in [1.807, 2.05) is 6.92 Å². The van der Waals surface area contributed by atoms with E-state index in [-0.39, 0.29) is 21.6 Å². The lowest BCUT2D eigenvalue weighted by Gasteiger charge is -2.20. The van der Waals surface area contributed by atoms with Gasteiger partial charge in [0.25, 0.3) is 0 Å². The average molecular weight is 329 g/mol. The van der Waals surface area contributed by atoms with Crippen LogP contribution >= 0.6 is 23.2 Å². The van der Waals surface area contributed by atoms with Gasteiger partial charge in [-0.1, -0.05) is 30.1 Å². The summed E-state index contributed by atoms with van der Waals surface area (Å²) in [7, 11) is 0. The monoisotopic (exact) mass is 328 g/mol. The molecule has 0 amide bonds. The van der Waals surface area contributed by atoms with Crippen LogP contribution in [-0.4, -0.2) is 23.5 Å². The molecule has 1 saturated carbocycles. The van der Waals surface area contributed by atoms with Crippen molar-refractivity contribution in [2.45, 2.75) is 26.2 Å². The number of aliphatic carboxylic acids is 1. The number of carboxylic acids is 1. The molecule has 0 bridgehead atoms. The first-order chi connectivity index (χ1) is 9.84. The summed E-state index contributed by atoms with van der Waals surface area (Å²) in [5, 5.41) is 8.95. The van der Waals surface area contributed by atoms with E-state index in [9.17, 15) is 9.59 Å². The number of halogens is 2. The Morgan fingerprint density at radius 3 is 2.67 bits per heavy atom. The van der Waals surface area contributed by atoms with Gasteiger partial charge in [0, 0.05) is 11.0 Å². The number of fused-ring (bicyclic) bond motifs is 1. The van der Waals surface area contributed by atoms with Gasteiger partial charge in [-0.15, -0.1) is 0 Å². The number of hydrogen-bond donors (Lipinski definition) is 1. The number of Topliss-reactive ketones (excluding diaryl/α,β-unsaturated/α-hetero) is 1. The molecule has 2 aliphatic carbocycles. The minimum atomic E-state index is -1.10. The third-order valence-electron chi connectivity index (χ3n) is 4.39. The standard InChI is InChI=1S/C15H14Cl2O4/c1-15(8-2-3-8)5-7-4-9(21-6-10(18)19)12(16)13(17)11(7)14(15)20/h4,8H,2-3,5-6H2,1H3,(H,18,19). The van der Waals surface area contributed by atoms with E-state index >= 15 is 0 Å². The molecular formula is C15H14Cl2O4. The second-order valence-electron chi connectivity index (χ2n) is 5.92. The molecule has 0 heterocycles. The molecule has 2 aliphatic rings. The molecule has 0 spiro atoms. The van der Waals surface area contributed by atoms with Crippen LogP contribution < -0.4 is 4.74 Å². The highest BCUT2D eigenvalue weighted by molar-refractivity contribution is 6.45. The van der Waals surface area contributed by atoms with E-state index in [2.05, 4.69) is 0 Å². The number of carboxylic acid groups (broad SMARTS) is 1. The molecule has 1 aromatic carbocycles. The van der Waals surface area contributed by atoms with Gasteiger partial charge >= 0.3 is 5.97 Å². The summed E-state index contributed by atoms with van der Waals surface area (Å²) in [5.41, 5.74) is 0.851. The number of hydrogen-bond acceptors (Lipinski definition) is 3. The Morgan fingerprint density at radius 2 is 2.10 bits per heavy atom. The van der Waals surface area contributed by atoms with Gasteiger partial charge in [0.05, 0.1) is 5.02 Å². The highest BCUT2D eigenvalue weighted by Crippen LogP contribution is 2.55. The fraction of sp³-hybridized carbons (Fsp3) is 0.467. The zero-order chi connectivity index (χ0) is 15.4. The van der Waals surface area contributed by atoms with Crippen molar-refractivity contribution in [1.29, 1.82) is 0 Å². The van der Waals surface area contributed by atoms with Gasteiger partial charge in [0.1, 0.15) is 10.8 Å². The lowest BCUT2D eigenvalue weighted by molar-refractivity contribution is -0.139. The van der Waals surface area contributed by atoms with Crippen LogP contribution in [0.4, 0.5) is 0 Å². The molecule has 1 aromatic rings. The summed E-state index contributed by atoms with van der Waals surface area (Å²) in [6, 6.07) is 1.65. The zero-order valence-electron chi connectivity index (χ0n) is 11.4. The largest absolute Gasteiger partial charge is 0.480 e. The molecule has 1 atom stereocenters. The van der Waals surface area contributed by atoms with Crippen molar-refractivity contribution in [2.75, 3.05) is 6.61 Å². The molecule has 6 heteroatoms. The van der Waals surface area contributed by atoms with Crippen LogP contribution in [0.2, 0.25) is 10.0 Å². The third kappa shape index (κ3) is 2.30. The molecule has 112 valence electrons. The fourth-order valence-electron chi connectivity index (χ4n) is 3.09. The maximum atomic E-state index is 12.7. The fourth-order valence-corrected chi connectivity index (χ4v) is 3.60. The third-order valence-corrected chi connectivity index (χ3v) is 5.24. The quantitative estimate of drug-likeness (QED) is 0.916. The number of carbonyl (C=O) groups excluding carboxylic acids is 1. The highest BCUT2D eigenvalue weighted by Gasteiger charge is 2.52. The molecule has 1 unspecified atom stereocenters. The number of carbonyl (C=O) groups is 2. The topological polar surface area (TPSA) is 63.6 Å². The Balaban J connectivity index is 2.00. The second-order valence-corrected chi connectivity index (χ2v) is 6.67. The first kappa shape index (κ1) is 14.7. The summed E-state index contributed by atoms with van der Waals surface area (Å²) in [5.74, 6) is -0.440. The average Bonchev–Trinajstić information content (AvgIpc) is 3.22. The first-order valence-corrected chi connectivity index (χ1v) is 7.50. The van der Waals surface area contributed by atoms with E-state index in [4.69, 9.17) is 33.0 Å². The molecule has 0 aromatic heterocycles. The Labute approximate surface area is 132 Å². The number of rotatable bonds is 4. The lowest BCUT2D eigenvalue weighted by atomic mass is 9.81. The smallest absolute Gasteiger partial charge is 0.341 e. The van der Waals surface area contributed by atoms with Crippen molar-refractivity contribution >= 4 is 35.0 Å². The van der Waals surface area contributed by atoms with E-state index in [0.717, 1.165) is 18.4 Å². The van der Waals surface area contributed by atoms with Gasteiger partial charge in [0.2, 0.25) is 0 Å². The van der Waals surface area contributed by atoms with Gasteiger partial charge in [-0.25, -0.2) is 4.79 Å². The van der Waals surface area contributed by atoms with E-state index in [1.165, 1.54) is 0 Å². The highest BCUT2D eigenvalue weighted by atomic mass is 35.5. The Bertz CT molecular complexity index is 652. The van der Waals surface area contributed by atoms with Crippen LogP contribution in [-0.2, 0) is 11.2 Å². The molecule has 21 heavy (non-hydrogen) atoms. The number of ether oxygens (including phenoxy) is 1. The molecule has 1 fully saturated rings. The first-order valence-electron chi connectivity index (χ1n) is 6.75. The van der Waals surface area contributed by atoms with Crippen LogP contribution in [0.15, 0.2) is 6.07 Å². The lowest BCUT2D eigenvalue weighted by Crippen LogP contribution is -2.26. The molecule has 1 N–H and O–H groups in total. The minimum absolute atomic E-state index is 0.0386. The van der Waals surface area contributed by atoms with E-state index in [1.54, 1.807) is 6.07 Å². The van der Waals surface area contributed by atoms with E-state index < -0.39 is 18.0 Å². The Morgan fingerprint density at radius 1 is 1.43 bits per heavy atom. The SMILES string of the molecule is CC1(C2CC2)Cc2cc(OCC(=O)O)c(Cl)c(Cl)c2C1=O. The Hall–Kier alpha value is -1.26. The summed E-state index contributed by atoms with van der Waals surface area (Å²) < 4.78 is 5.16. The van der Waals surface area contributed by atoms with Crippen molar-refractivity contribution < 1.29 is 19.4 Å². The van der Waals surface area contributed by atoms with Crippen molar-refractivity contribution in [3.8, 4) is 5.75 Å². The molecular weight excluding hydrogens is 315 g/mol. The van der Waals surface area contributed by atoms with Crippen LogP contribution in [0, 0.1) is 11.3 Å². The Kier molecular flexibility index (Phi) is 3.41. The zero-order valence-corrected chi connectivity index (χ0v) is 12.9. The molecule has 0 saturated heterocycles. The van der Waals surface area contributed by atoms with Crippen molar-refractivity contribution in [3.05, 3.63) is 27.2 Å². The normalized spacial score (nSPS) is 24.0. The maximum absolute atomic E-state index is 12.7. The summed E-state index contributed by atoms with van der Waals surface area (Å²) in [6.45, 7) is 1.47. The van der Waals surface area contributed by atoms with Gasteiger partial charge in [-0.3, -0.25) is 4.79 Å². The van der Waals surface area contributed by atoms with Gasteiger partial charge in [-0.05, 0) is 36.8 Å². The predicted octanol–water partition coefficient (Wildman–Crippen LogP) is 3.61. The van der Waals surface area contributed by atoms with Gasteiger partial charge in [-0.2, -0.15) is 0 Å². The summed E-state index contributed by atoms with van der Waals surface area (Å²) in [4.78, 5) is 23.3. The molecule has 0 aliphatic heterocycles.